The number of benzene rings is 1. The van der Waals surface area contributed by atoms with E-state index in [4.69, 9.17) is 9.15 Å². The molecule has 18 heavy (non-hydrogen) atoms. The molecule has 96 valence electrons. The molecule has 0 unspecified atom stereocenters. The van der Waals surface area contributed by atoms with Gasteiger partial charge >= 0.3 is 11.7 Å². The summed E-state index contributed by atoms with van der Waals surface area (Å²) in [6, 6.07) is 5.54. The monoisotopic (exact) mass is 249 g/mol. The summed E-state index contributed by atoms with van der Waals surface area (Å²) >= 11 is 0. The highest BCUT2D eigenvalue weighted by molar-refractivity contribution is 5.72. The summed E-state index contributed by atoms with van der Waals surface area (Å²) in [4.78, 5) is 24.7. The number of hydrogen-bond donors (Lipinski definition) is 1. The second-order valence-corrected chi connectivity index (χ2v) is 4.00. The molecule has 5 heteroatoms. The zero-order valence-electron chi connectivity index (χ0n) is 10.2. The number of rotatable bonds is 5. The van der Waals surface area contributed by atoms with Gasteiger partial charge in [0.2, 0.25) is 0 Å². The second kappa shape index (κ2) is 5.53. The first-order valence-electron chi connectivity index (χ1n) is 5.96. The van der Waals surface area contributed by atoms with E-state index >= 15 is 0 Å². The molecule has 1 aromatic heterocycles. The molecule has 0 aliphatic heterocycles. The van der Waals surface area contributed by atoms with E-state index in [9.17, 15) is 9.59 Å². The Hall–Kier alpha value is -2.04. The number of hydrogen-bond acceptors (Lipinski definition) is 4. The van der Waals surface area contributed by atoms with Crippen LogP contribution in [0.5, 0.6) is 0 Å². The van der Waals surface area contributed by atoms with Crippen LogP contribution in [0.3, 0.4) is 0 Å². The predicted octanol–water partition coefficient (Wildman–Crippen LogP) is 2.01. The minimum absolute atomic E-state index is 0.174. The Kier molecular flexibility index (Phi) is 3.82. The summed E-state index contributed by atoms with van der Waals surface area (Å²) in [5.41, 5.74) is 2.28. The molecule has 5 nitrogen and oxygen atoms in total. The van der Waals surface area contributed by atoms with E-state index in [2.05, 4.69) is 4.98 Å². The van der Waals surface area contributed by atoms with Gasteiger partial charge in [0, 0.05) is 6.42 Å². The highest BCUT2D eigenvalue weighted by Gasteiger charge is 2.04. The predicted molar refractivity (Wildman–Crippen MR) is 66.4 cm³/mol. The normalized spacial score (nSPS) is 10.7. The maximum absolute atomic E-state index is 11.2. The van der Waals surface area contributed by atoms with Gasteiger partial charge in [-0.15, -0.1) is 0 Å². The SMILES string of the molecule is CCOC(=O)CCCc1ccc2[nH]c(=O)oc2c1. The lowest BCUT2D eigenvalue weighted by Crippen LogP contribution is -2.03. The first kappa shape index (κ1) is 12.4. The number of nitrogens with one attached hydrogen (secondary N) is 1. The molecule has 1 aromatic carbocycles. The van der Waals surface area contributed by atoms with E-state index in [1.54, 1.807) is 13.0 Å². The average Bonchev–Trinajstić information content (AvgIpc) is 2.69. The summed E-state index contributed by atoms with van der Waals surface area (Å²) in [6.07, 6.45) is 1.88. The van der Waals surface area contributed by atoms with Gasteiger partial charge in [0.15, 0.2) is 5.58 Å². The number of ether oxygens (including phenoxy) is 1. The van der Waals surface area contributed by atoms with Gasteiger partial charge in [0.1, 0.15) is 0 Å². The van der Waals surface area contributed by atoms with Crippen LogP contribution in [0.4, 0.5) is 0 Å². The van der Waals surface area contributed by atoms with Crippen LogP contribution in [0.1, 0.15) is 25.3 Å². The third kappa shape index (κ3) is 3.00. The fraction of sp³-hybridized carbons (Fsp3) is 0.385. The Balaban J connectivity index is 1.95. The van der Waals surface area contributed by atoms with Crippen molar-refractivity contribution in [3.8, 4) is 0 Å². The summed E-state index contributed by atoms with van der Waals surface area (Å²) < 4.78 is 9.82. The van der Waals surface area contributed by atoms with Crippen LogP contribution < -0.4 is 5.76 Å². The number of carbonyl (C=O) groups excluding carboxylic acids is 1. The fourth-order valence-electron chi connectivity index (χ4n) is 1.82. The molecule has 0 radical (unpaired) electrons. The van der Waals surface area contributed by atoms with Crippen molar-refractivity contribution in [2.75, 3.05) is 6.61 Å². The number of aromatic amines is 1. The molecule has 0 bridgehead atoms. The molecule has 2 rings (SSSR count). The summed E-state index contributed by atoms with van der Waals surface area (Å²) in [5, 5.41) is 0. The Bertz CT molecular complexity index is 596. The van der Waals surface area contributed by atoms with E-state index in [-0.39, 0.29) is 5.97 Å². The third-order valence-corrected chi connectivity index (χ3v) is 2.64. The van der Waals surface area contributed by atoms with Gasteiger partial charge in [-0.25, -0.2) is 4.79 Å². The topological polar surface area (TPSA) is 72.3 Å². The largest absolute Gasteiger partial charge is 0.466 e. The van der Waals surface area contributed by atoms with Crippen LogP contribution in [-0.2, 0) is 16.0 Å². The van der Waals surface area contributed by atoms with E-state index < -0.39 is 5.76 Å². The van der Waals surface area contributed by atoms with Crippen molar-refractivity contribution in [3.05, 3.63) is 34.3 Å². The Labute approximate surface area is 104 Å². The molecule has 0 aliphatic carbocycles. The first-order valence-corrected chi connectivity index (χ1v) is 5.96. The zero-order valence-corrected chi connectivity index (χ0v) is 10.2. The van der Waals surface area contributed by atoms with Crippen LogP contribution in [0.25, 0.3) is 11.1 Å². The van der Waals surface area contributed by atoms with Gasteiger partial charge in [-0.2, -0.15) is 0 Å². The maximum atomic E-state index is 11.2. The van der Waals surface area contributed by atoms with Gasteiger partial charge in [-0.1, -0.05) is 6.07 Å². The van der Waals surface area contributed by atoms with Crippen LogP contribution in [0.2, 0.25) is 0 Å². The summed E-state index contributed by atoms with van der Waals surface area (Å²) in [6.45, 7) is 2.21. The van der Waals surface area contributed by atoms with Crippen molar-refractivity contribution in [2.45, 2.75) is 26.2 Å². The van der Waals surface area contributed by atoms with Gasteiger partial charge in [0.25, 0.3) is 0 Å². The maximum Gasteiger partial charge on any atom is 0.417 e. The quantitative estimate of drug-likeness (QED) is 0.823. The lowest BCUT2D eigenvalue weighted by Gasteiger charge is -2.02. The molecule has 0 saturated heterocycles. The van der Waals surface area contributed by atoms with Crippen molar-refractivity contribution < 1.29 is 13.9 Å². The van der Waals surface area contributed by atoms with E-state index in [1.807, 2.05) is 12.1 Å². The number of aryl methyl sites for hydroxylation is 1. The average molecular weight is 249 g/mol. The molecule has 0 spiro atoms. The van der Waals surface area contributed by atoms with Crippen molar-refractivity contribution >= 4 is 17.1 Å². The number of aromatic nitrogens is 1. The van der Waals surface area contributed by atoms with Gasteiger partial charge in [-0.05, 0) is 37.5 Å². The zero-order chi connectivity index (χ0) is 13.0. The van der Waals surface area contributed by atoms with E-state index in [0.29, 0.717) is 24.1 Å². The lowest BCUT2D eigenvalue weighted by atomic mass is 10.1. The van der Waals surface area contributed by atoms with Gasteiger partial charge < -0.3 is 9.15 Å². The highest BCUT2D eigenvalue weighted by Crippen LogP contribution is 2.14. The minimum Gasteiger partial charge on any atom is -0.466 e. The van der Waals surface area contributed by atoms with Crippen LogP contribution in [0, 0.1) is 0 Å². The number of carbonyl (C=O) groups is 1. The van der Waals surface area contributed by atoms with Crippen molar-refractivity contribution in [1.29, 1.82) is 0 Å². The van der Waals surface area contributed by atoms with E-state index in [1.165, 1.54) is 0 Å². The second-order valence-electron chi connectivity index (χ2n) is 4.00. The molecule has 2 aromatic rings. The first-order chi connectivity index (χ1) is 8.69. The van der Waals surface area contributed by atoms with Crippen LogP contribution >= 0.6 is 0 Å². The van der Waals surface area contributed by atoms with Crippen molar-refractivity contribution in [1.82, 2.24) is 4.98 Å². The summed E-state index contributed by atoms with van der Waals surface area (Å²) in [5.74, 6) is -0.625. The van der Waals surface area contributed by atoms with Gasteiger partial charge in [0.05, 0.1) is 12.1 Å². The van der Waals surface area contributed by atoms with Crippen LogP contribution in [-0.4, -0.2) is 17.6 Å². The Morgan fingerprint density at radius 2 is 2.28 bits per heavy atom. The van der Waals surface area contributed by atoms with Gasteiger partial charge in [-0.3, -0.25) is 9.78 Å². The fourth-order valence-corrected chi connectivity index (χ4v) is 1.82. The molecule has 0 fully saturated rings. The van der Waals surface area contributed by atoms with Crippen LogP contribution in [0.15, 0.2) is 27.4 Å². The summed E-state index contributed by atoms with van der Waals surface area (Å²) in [7, 11) is 0. The smallest absolute Gasteiger partial charge is 0.417 e. The number of esters is 1. The lowest BCUT2D eigenvalue weighted by molar-refractivity contribution is -0.143. The molecule has 1 N–H and O–H groups in total. The molecule has 0 aliphatic rings. The Morgan fingerprint density at radius 1 is 1.44 bits per heavy atom. The molecular weight excluding hydrogens is 234 g/mol. The number of fused-ring (bicyclic) bond motifs is 1. The highest BCUT2D eigenvalue weighted by atomic mass is 16.5. The molecule has 1 heterocycles. The molecular formula is C13H15NO4. The van der Waals surface area contributed by atoms with E-state index in [0.717, 1.165) is 18.4 Å². The Morgan fingerprint density at radius 3 is 3.06 bits per heavy atom. The van der Waals surface area contributed by atoms with Crippen molar-refractivity contribution in [2.24, 2.45) is 0 Å². The van der Waals surface area contributed by atoms with Crippen molar-refractivity contribution in [3.63, 3.8) is 0 Å². The molecule has 0 amide bonds. The molecule has 0 saturated carbocycles. The third-order valence-electron chi connectivity index (χ3n) is 2.64. The standard InChI is InChI=1S/C13H15NO4/c1-2-17-12(15)5-3-4-9-6-7-10-11(8-9)18-13(16)14-10/h6-8H,2-5H2,1H3,(H,14,16). The number of oxazole rings is 1. The minimum atomic E-state index is -0.450. The number of H-pyrrole nitrogens is 1. The molecule has 0 atom stereocenters.